The van der Waals surface area contributed by atoms with Crippen molar-refractivity contribution in [1.29, 1.82) is 0 Å². The summed E-state index contributed by atoms with van der Waals surface area (Å²) < 4.78 is 8.02. The SMILES string of the molecule is c1ccc(CCc2nc(C3CCOCC3)n3c2CNCC3)cc1. The predicted molar refractivity (Wildman–Crippen MR) is 90.6 cm³/mol. The zero-order chi connectivity index (χ0) is 15.5. The quantitative estimate of drug-likeness (QED) is 0.943. The number of benzene rings is 1. The van der Waals surface area contributed by atoms with Gasteiger partial charge < -0.3 is 14.6 Å². The van der Waals surface area contributed by atoms with Crippen molar-refractivity contribution in [3.63, 3.8) is 0 Å². The normalized spacial score (nSPS) is 18.8. The fourth-order valence-corrected chi connectivity index (χ4v) is 3.78. The molecule has 1 saturated heterocycles. The molecule has 2 aromatic rings. The zero-order valence-corrected chi connectivity index (χ0v) is 13.6. The summed E-state index contributed by atoms with van der Waals surface area (Å²) in [5.41, 5.74) is 4.10. The minimum atomic E-state index is 0.575. The first kappa shape index (κ1) is 14.9. The highest BCUT2D eigenvalue weighted by molar-refractivity contribution is 5.24. The standard InChI is InChI=1S/C19H25N3O/c1-2-4-15(5-3-1)6-7-17-18-14-20-10-11-22(18)19(21-17)16-8-12-23-13-9-16/h1-5,16,20H,6-14H2. The van der Waals surface area contributed by atoms with Gasteiger partial charge in [-0.2, -0.15) is 0 Å². The number of ether oxygens (including phenoxy) is 1. The van der Waals surface area contributed by atoms with Gasteiger partial charge in [0.1, 0.15) is 5.82 Å². The second-order valence-corrected chi connectivity index (χ2v) is 6.56. The molecular weight excluding hydrogens is 286 g/mol. The average Bonchev–Trinajstić information content (AvgIpc) is 3.01. The molecule has 2 aliphatic heterocycles. The van der Waals surface area contributed by atoms with Crippen LogP contribution in [0.2, 0.25) is 0 Å². The van der Waals surface area contributed by atoms with Gasteiger partial charge in [0.05, 0.1) is 11.4 Å². The number of rotatable bonds is 4. The largest absolute Gasteiger partial charge is 0.381 e. The van der Waals surface area contributed by atoms with E-state index in [1.165, 1.54) is 22.8 Å². The molecule has 0 radical (unpaired) electrons. The summed E-state index contributed by atoms with van der Waals surface area (Å²) >= 11 is 0. The molecule has 0 unspecified atom stereocenters. The number of fused-ring (bicyclic) bond motifs is 1. The number of aryl methyl sites for hydroxylation is 2. The molecule has 4 nitrogen and oxygen atoms in total. The summed E-state index contributed by atoms with van der Waals surface area (Å²) in [5.74, 6) is 1.89. The third-order valence-corrected chi connectivity index (χ3v) is 5.07. The van der Waals surface area contributed by atoms with Crippen molar-refractivity contribution in [3.8, 4) is 0 Å². The molecule has 1 aromatic carbocycles. The van der Waals surface area contributed by atoms with Crippen molar-refractivity contribution >= 4 is 0 Å². The highest BCUT2D eigenvalue weighted by Crippen LogP contribution is 2.29. The minimum Gasteiger partial charge on any atom is -0.381 e. The third-order valence-electron chi connectivity index (χ3n) is 5.07. The summed E-state index contributed by atoms with van der Waals surface area (Å²) in [6.45, 7) is 4.83. The average molecular weight is 311 g/mol. The number of nitrogens with one attached hydrogen (secondary N) is 1. The van der Waals surface area contributed by atoms with Gasteiger partial charge in [-0.15, -0.1) is 0 Å². The highest BCUT2D eigenvalue weighted by Gasteiger charge is 2.26. The molecule has 0 aliphatic carbocycles. The van der Waals surface area contributed by atoms with E-state index < -0.39 is 0 Å². The first-order chi connectivity index (χ1) is 11.4. The molecule has 122 valence electrons. The molecule has 2 aliphatic rings. The Morgan fingerprint density at radius 3 is 2.78 bits per heavy atom. The fraction of sp³-hybridized carbons (Fsp3) is 0.526. The lowest BCUT2D eigenvalue weighted by molar-refractivity contribution is 0.0826. The van der Waals surface area contributed by atoms with Gasteiger partial charge in [0.25, 0.3) is 0 Å². The van der Waals surface area contributed by atoms with Crippen molar-refractivity contribution in [1.82, 2.24) is 14.9 Å². The van der Waals surface area contributed by atoms with E-state index >= 15 is 0 Å². The van der Waals surface area contributed by atoms with Gasteiger partial charge in [-0.25, -0.2) is 4.98 Å². The Balaban J connectivity index is 1.57. The number of hydrogen-bond donors (Lipinski definition) is 1. The predicted octanol–water partition coefficient (Wildman–Crippen LogP) is 2.67. The van der Waals surface area contributed by atoms with Crippen LogP contribution in [0.4, 0.5) is 0 Å². The van der Waals surface area contributed by atoms with Crippen LogP contribution in [0.15, 0.2) is 30.3 Å². The molecule has 0 bridgehead atoms. The Kier molecular flexibility index (Phi) is 4.44. The summed E-state index contributed by atoms with van der Waals surface area (Å²) in [6.07, 6.45) is 4.33. The minimum absolute atomic E-state index is 0.575. The van der Waals surface area contributed by atoms with E-state index in [-0.39, 0.29) is 0 Å². The van der Waals surface area contributed by atoms with Crippen LogP contribution in [0.5, 0.6) is 0 Å². The van der Waals surface area contributed by atoms with Gasteiger partial charge in [0, 0.05) is 38.8 Å². The molecule has 1 aromatic heterocycles. The molecule has 3 heterocycles. The van der Waals surface area contributed by atoms with Crippen LogP contribution in [0, 0.1) is 0 Å². The van der Waals surface area contributed by atoms with E-state index in [1.54, 1.807) is 0 Å². The van der Waals surface area contributed by atoms with E-state index in [9.17, 15) is 0 Å². The molecule has 0 atom stereocenters. The Morgan fingerprint density at radius 2 is 1.96 bits per heavy atom. The molecule has 0 spiro atoms. The maximum absolute atomic E-state index is 5.53. The van der Waals surface area contributed by atoms with Crippen molar-refractivity contribution < 1.29 is 4.74 Å². The topological polar surface area (TPSA) is 39.1 Å². The van der Waals surface area contributed by atoms with Crippen LogP contribution in [-0.2, 0) is 30.7 Å². The van der Waals surface area contributed by atoms with E-state index in [0.29, 0.717) is 5.92 Å². The molecule has 1 fully saturated rings. The lowest BCUT2D eigenvalue weighted by atomic mass is 9.99. The fourth-order valence-electron chi connectivity index (χ4n) is 3.78. The van der Waals surface area contributed by atoms with Gasteiger partial charge in [-0.05, 0) is 31.2 Å². The van der Waals surface area contributed by atoms with Crippen LogP contribution in [0.3, 0.4) is 0 Å². The molecule has 0 saturated carbocycles. The Bertz CT molecular complexity index is 644. The van der Waals surface area contributed by atoms with Crippen molar-refractivity contribution in [2.24, 2.45) is 0 Å². The van der Waals surface area contributed by atoms with Crippen LogP contribution in [0.1, 0.15) is 41.5 Å². The smallest absolute Gasteiger partial charge is 0.112 e. The maximum Gasteiger partial charge on any atom is 0.112 e. The van der Waals surface area contributed by atoms with Crippen LogP contribution in [-0.4, -0.2) is 29.3 Å². The Hall–Kier alpha value is -1.65. The summed E-state index contributed by atoms with van der Waals surface area (Å²) in [5, 5.41) is 3.51. The van der Waals surface area contributed by atoms with Crippen LogP contribution < -0.4 is 5.32 Å². The van der Waals surface area contributed by atoms with Gasteiger partial charge in [-0.1, -0.05) is 30.3 Å². The Labute approximate surface area is 137 Å². The molecule has 23 heavy (non-hydrogen) atoms. The molecule has 1 N–H and O–H groups in total. The molecule has 4 heteroatoms. The first-order valence-electron chi connectivity index (χ1n) is 8.82. The van der Waals surface area contributed by atoms with Crippen molar-refractivity contribution in [2.75, 3.05) is 19.8 Å². The number of nitrogens with zero attached hydrogens (tertiary/aromatic N) is 2. The van der Waals surface area contributed by atoms with Crippen molar-refractivity contribution in [2.45, 2.75) is 44.7 Å². The number of hydrogen-bond acceptors (Lipinski definition) is 3. The monoisotopic (exact) mass is 311 g/mol. The van der Waals surface area contributed by atoms with E-state index in [0.717, 1.165) is 58.5 Å². The number of aromatic nitrogens is 2. The van der Waals surface area contributed by atoms with Crippen molar-refractivity contribution in [3.05, 3.63) is 53.1 Å². The van der Waals surface area contributed by atoms with Crippen LogP contribution in [0.25, 0.3) is 0 Å². The summed E-state index contributed by atoms with van der Waals surface area (Å²) in [7, 11) is 0. The second-order valence-electron chi connectivity index (χ2n) is 6.56. The van der Waals surface area contributed by atoms with Crippen LogP contribution >= 0.6 is 0 Å². The molecule has 0 amide bonds. The van der Waals surface area contributed by atoms with Gasteiger partial charge >= 0.3 is 0 Å². The van der Waals surface area contributed by atoms with Gasteiger partial charge in [-0.3, -0.25) is 0 Å². The third kappa shape index (κ3) is 3.19. The first-order valence-corrected chi connectivity index (χ1v) is 8.82. The zero-order valence-electron chi connectivity index (χ0n) is 13.6. The maximum atomic E-state index is 5.53. The summed E-state index contributed by atoms with van der Waals surface area (Å²) in [4.78, 5) is 5.10. The van der Waals surface area contributed by atoms with E-state index in [4.69, 9.17) is 9.72 Å². The van der Waals surface area contributed by atoms with E-state index in [2.05, 4.69) is 40.2 Å². The van der Waals surface area contributed by atoms with Gasteiger partial charge in [0.2, 0.25) is 0 Å². The molecular formula is C19H25N3O. The Morgan fingerprint density at radius 1 is 1.13 bits per heavy atom. The van der Waals surface area contributed by atoms with Gasteiger partial charge in [0.15, 0.2) is 0 Å². The highest BCUT2D eigenvalue weighted by atomic mass is 16.5. The van der Waals surface area contributed by atoms with E-state index in [1.807, 2.05) is 0 Å². The summed E-state index contributed by atoms with van der Waals surface area (Å²) in [6, 6.07) is 10.7. The second kappa shape index (κ2) is 6.85. The lowest BCUT2D eigenvalue weighted by Gasteiger charge is -2.25. The number of imidazole rings is 1. The molecule has 4 rings (SSSR count). The lowest BCUT2D eigenvalue weighted by Crippen LogP contribution is -2.30.